The van der Waals surface area contributed by atoms with E-state index >= 15 is 0 Å². The molecule has 0 aliphatic carbocycles. The molecule has 2 N–H and O–H groups in total. The Bertz CT molecular complexity index is 35.9. The van der Waals surface area contributed by atoms with Crippen molar-refractivity contribution in [1.29, 1.82) is 0 Å². The van der Waals surface area contributed by atoms with Crippen molar-refractivity contribution in [3.05, 3.63) is 0 Å². The van der Waals surface area contributed by atoms with Crippen molar-refractivity contribution in [1.82, 2.24) is 0 Å². The van der Waals surface area contributed by atoms with Crippen LogP contribution in [0.4, 0.5) is 4.79 Å². The van der Waals surface area contributed by atoms with E-state index in [1.165, 1.54) is 0 Å². The number of carboxylic acid groups (broad SMARTS) is 2. The maximum atomic E-state index is 8.56. The van der Waals surface area contributed by atoms with Crippen LogP contribution in [0.3, 0.4) is 0 Å². The summed E-state index contributed by atoms with van der Waals surface area (Å²) in [6.45, 7) is 0. The van der Waals surface area contributed by atoms with E-state index < -0.39 is 6.16 Å². The summed E-state index contributed by atoms with van der Waals surface area (Å²) in [5.74, 6) is 0. The third-order valence-electron chi connectivity index (χ3n) is 0. The topological polar surface area (TPSA) is 57.5 Å². The van der Waals surface area contributed by atoms with Crippen LogP contribution in [-0.4, -0.2) is 80.6 Å². The molecule has 0 radical (unpaired) electrons. The zero-order chi connectivity index (χ0) is 3.58. The number of hydrogen-bond acceptors (Lipinski definition) is 1. The second-order valence-corrected chi connectivity index (χ2v) is 0.283. The molecule has 38 valence electrons. The van der Waals surface area contributed by atoms with Gasteiger partial charge in [0, 0.05) is 0 Å². The molecule has 0 heterocycles. The molecule has 0 spiro atoms. The fraction of sp³-hybridized carbons (Fsp3) is 0. The van der Waals surface area contributed by atoms with Gasteiger partial charge in [0.25, 0.3) is 0 Å². The molecule has 0 aromatic rings. The minimum atomic E-state index is -1.83. The van der Waals surface area contributed by atoms with E-state index in [1.54, 1.807) is 0 Å². The van der Waals surface area contributed by atoms with Crippen LogP contribution in [0, 0.1) is 0 Å². The van der Waals surface area contributed by atoms with Gasteiger partial charge >= 0.3 is 35.7 Å². The molecule has 0 unspecified atom stereocenters. The standard InChI is InChI=1S/CH2O3.2Al.Na.7H/c2-1(3)4;;;;;;;;;;/h(H2,2,3,4);;;;;;;;;;. The Morgan fingerprint density at radius 3 is 1.14 bits per heavy atom. The van der Waals surface area contributed by atoms with Gasteiger partial charge in [-0.05, 0) is 0 Å². The summed E-state index contributed by atoms with van der Waals surface area (Å²) in [7, 11) is 0. The number of hydrogen-bond donors (Lipinski definition) is 2. The van der Waals surface area contributed by atoms with Crippen molar-refractivity contribution in [2.24, 2.45) is 0 Å². The predicted molar refractivity (Wildman–Crippen MR) is 37.7 cm³/mol. The molecule has 0 atom stereocenters. The molecular formula is CH9Al2NaO3. The number of carbonyl (C=O) groups is 1. The van der Waals surface area contributed by atoms with Gasteiger partial charge < -0.3 is 10.2 Å². The molecule has 3 nitrogen and oxygen atoms in total. The van der Waals surface area contributed by atoms with E-state index in [0.717, 1.165) is 0 Å². The van der Waals surface area contributed by atoms with Crippen molar-refractivity contribution in [3.63, 3.8) is 0 Å². The Morgan fingerprint density at radius 2 is 1.14 bits per heavy atom. The van der Waals surface area contributed by atoms with Gasteiger partial charge in [0.05, 0.1) is 0 Å². The molecule has 6 heteroatoms. The normalized spacial score (nSPS) is 3.43. The van der Waals surface area contributed by atoms with Gasteiger partial charge in [-0.1, -0.05) is 0 Å². The Hall–Kier alpha value is 1.33. The average Bonchev–Trinajstić information content (AvgIpc) is 0.811. The third-order valence-corrected chi connectivity index (χ3v) is 0. The molecule has 7 heavy (non-hydrogen) atoms. The third kappa shape index (κ3) is 117. The van der Waals surface area contributed by atoms with Crippen molar-refractivity contribution < 1.29 is 15.0 Å². The monoisotopic (exact) mass is 146 g/mol. The summed E-state index contributed by atoms with van der Waals surface area (Å²) in [5, 5.41) is 13.9. The first-order valence-electron chi connectivity index (χ1n) is 0.651. The SMILES string of the molecule is O=C(O)O.[AlH3].[AlH3].[NaH]. The first-order valence-corrected chi connectivity index (χ1v) is 0.651. The van der Waals surface area contributed by atoms with Crippen molar-refractivity contribution >= 4 is 70.4 Å². The molecular weight excluding hydrogens is 137 g/mol. The minimum absolute atomic E-state index is 0. The Morgan fingerprint density at radius 1 is 1.14 bits per heavy atom. The van der Waals surface area contributed by atoms with E-state index in [0.29, 0.717) is 0 Å². The van der Waals surface area contributed by atoms with Gasteiger partial charge in [-0.2, -0.15) is 0 Å². The molecule has 0 amide bonds. The number of rotatable bonds is 0. The van der Waals surface area contributed by atoms with Crippen molar-refractivity contribution in [2.75, 3.05) is 0 Å². The second kappa shape index (κ2) is 15.7. The quantitative estimate of drug-likeness (QED) is 0.363. The first-order chi connectivity index (χ1) is 1.73. The summed E-state index contributed by atoms with van der Waals surface area (Å²) in [4.78, 5) is 8.56. The summed E-state index contributed by atoms with van der Waals surface area (Å²) in [6, 6.07) is 0. The van der Waals surface area contributed by atoms with E-state index in [-0.39, 0.29) is 64.3 Å². The van der Waals surface area contributed by atoms with Crippen molar-refractivity contribution in [3.8, 4) is 0 Å². The molecule has 0 rings (SSSR count). The van der Waals surface area contributed by atoms with Crippen LogP contribution < -0.4 is 0 Å². The molecule has 0 bridgehead atoms. The maximum absolute atomic E-state index is 8.56. The van der Waals surface area contributed by atoms with E-state index in [2.05, 4.69) is 0 Å². The fourth-order valence-electron chi connectivity index (χ4n) is 0. The molecule has 0 aliphatic heterocycles. The summed E-state index contributed by atoms with van der Waals surface area (Å²) in [6.07, 6.45) is -1.83. The predicted octanol–water partition coefficient (Wildman–Crippen LogP) is -2.79. The van der Waals surface area contributed by atoms with Gasteiger partial charge in [-0.25, -0.2) is 4.79 Å². The molecule has 0 saturated carbocycles. The Balaban J connectivity index is -0.0000000150. The van der Waals surface area contributed by atoms with Crippen molar-refractivity contribution in [2.45, 2.75) is 0 Å². The Kier molecular flexibility index (Phi) is 53.4. The summed E-state index contributed by atoms with van der Waals surface area (Å²) >= 11 is 0. The summed E-state index contributed by atoms with van der Waals surface area (Å²) < 4.78 is 0. The molecule has 0 saturated heterocycles. The average molecular weight is 146 g/mol. The molecule has 0 fully saturated rings. The van der Waals surface area contributed by atoms with Gasteiger partial charge in [-0.15, -0.1) is 0 Å². The second-order valence-electron chi connectivity index (χ2n) is 0.283. The van der Waals surface area contributed by atoms with Crippen LogP contribution in [0.1, 0.15) is 0 Å². The fourth-order valence-corrected chi connectivity index (χ4v) is 0. The molecule has 0 aliphatic rings. The zero-order valence-electron chi connectivity index (χ0n) is 1.80. The van der Waals surface area contributed by atoms with Crippen LogP contribution in [-0.2, 0) is 0 Å². The van der Waals surface area contributed by atoms with Gasteiger partial charge in [0.1, 0.15) is 0 Å². The van der Waals surface area contributed by atoms with E-state index in [1.807, 2.05) is 0 Å². The van der Waals surface area contributed by atoms with Crippen LogP contribution in [0.2, 0.25) is 0 Å². The first kappa shape index (κ1) is 23.9. The van der Waals surface area contributed by atoms with Crippen LogP contribution in [0.25, 0.3) is 0 Å². The summed E-state index contributed by atoms with van der Waals surface area (Å²) in [5.41, 5.74) is 0. The van der Waals surface area contributed by atoms with E-state index in [9.17, 15) is 0 Å². The molecule has 0 aromatic carbocycles. The van der Waals surface area contributed by atoms with E-state index in [4.69, 9.17) is 15.0 Å². The zero-order valence-corrected chi connectivity index (χ0v) is 1.80. The Labute approximate surface area is 84.6 Å². The van der Waals surface area contributed by atoms with Gasteiger partial charge in [0.15, 0.2) is 34.7 Å². The van der Waals surface area contributed by atoms with Crippen LogP contribution >= 0.6 is 0 Å². The van der Waals surface area contributed by atoms with Gasteiger partial charge in [0.2, 0.25) is 0 Å². The molecule has 0 aromatic heterocycles. The van der Waals surface area contributed by atoms with Crippen LogP contribution in [0.15, 0.2) is 0 Å². The van der Waals surface area contributed by atoms with Gasteiger partial charge in [-0.3, -0.25) is 0 Å². The van der Waals surface area contributed by atoms with Crippen LogP contribution in [0.5, 0.6) is 0 Å².